The molecule has 1 heterocycles. The van der Waals surface area contributed by atoms with Gasteiger partial charge in [-0.25, -0.2) is 0 Å². The van der Waals surface area contributed by atoms with Crippen molar-refractivity contribution in [1.29, 1.82) is 0 Å². The smallest absolute Gasteiger partial charge is 0.255 e. The number of nitrogens with one attached hydrogen (secondary N) is 2. The highest BCUT2D eigenvalue weighted by Crippen LogP contribution is 2.27. The van der Waals surface area contributed by atoms with Gasteiger partial charge in [0.05, 0.1) is 0 Å². The lowest BCUT2D eigenvalue weighted by Crippen LogP contribution is -2.11. The van der Waals surface area contributed by atoms with Gasteiger partial charge in [0.15, 0.2) is 0 Å². The topological polar surface area (TPSA) is 88.0 Å². The first-order valence-corrected chi connectivity index (χ1v) is 9.05. The number of aromatic nitrogens is 1. The maximum absolute atomic E-state index is 12.1. The molecule has 2 aromatic carbocycles. The molecule has 0 saturated heterocycles. The third-order valence-corrected chi connectivity index (χ3v) is 4.26. The number of hydrogen-bond donors (Lipinski definition) is 3. The summed E-state index contributed by atoms with van der Waals surface area (Å²) in [5.41, 5.74) is 7.35. The maximum atomic E-state index is 12.1. The van der Waals surface area contributed by atoms with Crippen molar-refractivity contribution in [3.05, 3.63) is 82.8 Å². The van der Waals surface area contributed by atoms with Gasteiger partial charge in [0.1, 0.15) is 0 Å². The molecule has 134 valence electrons. The molecule has 1 aromatic heterocycles. The average molecular weight is 367 g/mol. The number of aromatic amines is 1. The summed E-state index contributed by atoms with van der Waals surface area (Å²) in [4.78, 5) is 27.9. The number of carbonyl (C=O) groups is 1. The van der Waals surface area contributed by atoms with Crippen molar-refractivity contribution in [3.8, 4) is 0 Å². The van der Waals surface area contributed by atoms with Crippen LogP contribution >= 0.6 is 11.8 Å². The minimum Gasteiger partial charge on any atom is -0.399 e. The summed E-state index contributed by atoms with van der Waals surface area (Å²) in [6.45, 7) is 4.00. The molecule has 0 atom stereocenters. The fraction of sp³-hybridized carbons (Fsp3) is 0.100. The minimum atomic E-state index is -0.190. The number of anilines is 2. The molecule has 0 aliphatic carbocycles. The molecule has 0 fully saturated rings. The molecule has 3 rings (SSSR count). The van der Waals surface area contributed by atoms with E-state index in [9.17, 15) is 9.59 Å². The summed E-state index contributed by atoms with van der Waals surface area (Å²) < 4.78 is 0. The lowest BCUT2D eigenvalue weighted by Gasteiger charge is -2.07. The third kappa shape index (κ3) is 5.53. The zero-order valence-electron chi connectivity index (χ0n) is 14.7. The molecular weight excluding hydrogens is 346 g/mol. The van der Waals surface area contributed by atoms with Crippen LogP contribution in [0.4, 0.5) is 11.4 Å². The van der Waals surface area contributed by atoms with Crippen LogP contribution in [-0.2, 0) is 0 Å². The van der Waals surface area contributed by atoms with Gasteiger partial charge in [0, 0.05) is 39.0 Å². The number of pyridine rings is 1. The Hall–Kier alpha value is -2.99. The van der Waals surface area contributed by atoms with Crippen LogP contribution in [0.15, 0.2) is 81.4 Å². The standard InChI is InChI=1S/C18H15N3O2S.C2H6/c19-13-3-1-12(2-4-13)18(23)21-14-5-7-15(8-6-14)24-16-9-10-20-17(22)11-16;1-2/h1-11H,19H2,(H,20,22)(H,21,23);1-2H3. The molecular formula is C20H21N3O2S. The van der Waals surface area contributed by atoms with E-state index in [1.165, 1.54) is 11.8 Å². The number of nitrogens with two attached hydrogens (primary N) is 1. The van der Waals surface area contributed by atoms with Gasteiger partial charge in [-0.05, 0) is 54.6 Å². The van der Waals surface area contributed by atoms with E-state index in [0.29, 0.717) is 16.9 Å². The van der Waals surface area contributed by atoms with Crippen LogP contribution in [0.25, 0.3) is 0 Å². The highest BCUT2D eigenvalue weighted by Gasteiger charge is 2.06. The Balaban J connectivity index is 0.00000117. The van der Waals surface area contributed by atoms with Gasteiger partial charge in [0.2, 0.25) is 5.56 Å². The maximum Gasteiger partial charge on any atom is 0.255 e. The Morgan fingerprint density at radius 3 is 2.23 bits per heavy atom. The van der Waals surface area contributed by atoms with Crippen LogP contribution in [0.3, 0.4) is 0 Å². The van der Waals surface area contributed by atoms with Gasteiger partial charge < -0.3 is 16.0 Å². The van der Waals surface area contributed by atoms with Crippen LogP contribution in [0.2, 0.25) is 0 Å². The van der Waals surface area contributed by atoms with E-state index in [2.05, 4.69) is 10.3 Å². The lowest BCUT2D eigenvalue weighted by atomic mass is 10.2. The van der Waals surface area contributed by atoms with Gasteiger partial charge in [-0.1, -0.05) is 25.6 Å². The summed E-state index contributed by atoms with van der Waals surface area (Å²) in [5.74, 6) is -0.190. The van der Waals surface area contributed by atoms with Crippen LogP contribution in [-0.4, -0.2) is 10.9 Å². The predicted octanol–water partition coefficient (Wildman–Crippen LogP) is 4.39. The number of carbonyl (C=O) groups excluding carboxylic acids is 1. The first kappa shape index (κ1) is 19.3. The fourth-order valence-corrected chi connectivity index (χ4v) is 2.91. The molecule has 0 aliphatic rings. The average Bonchev–Trinajstić information content (AvgIpc) is 2.65. The number of hydrogen-bond acceptors (Lipinski definition) is 4. The van der Waals surface area contributed by atoms with Crippen molar-refractivity contribution in [1.82, 2.24) is 4.98 Å². The van der Waals surface area contributed by atoms with Crippen LogP contribution in [0, 0.1) is 0 Å². The molecule has 26 heavy (non-hydrogen) atoms. The fourth-order valence-electron chi connectivity index (χ4n) is 2.07. The van der Waals surface area contributed by atoms with Crippen LogP contribution in [0.1, 0.15) is 24.2 Å². The van der Waals surface area contributed by atoms with Crippen LogP contribution in [0.5, 0.6) is 0 Å². The second-order valence-electron chi connectivity index (χ2n) is 5.09. The lowest BCUT2D eigenvalue weighted by molar-refractivity contribution is 0.102. The zero-order chi connectivity index (χ0) is 18.9. The molecule has 1 amide bonds. The third-order valence-electron chi connectivity index (χ3n) is 3.27. The van der Waals surface area contributed by atoms with Gasteiger partial charge in [-0.3, -0.25) is 9.59 Å². The first-order chi connectivity index (χ1) is 12.6. The molecule has 0 saturated carbocycles. The number of benzene rings is 2. The molecule has 3 aromatic rings. The second-order valence-corrected chi connectivity index (χ2v) is 6.24. The first-order valence-electron chi connectivity index (χ1n) is 8.24. The highest BCUT2D eigenvalue weighted by molar-refractivity contribution is 7.99. The van der Waals surface area contributed by atoms with E-state index >= 15 is 0 Å². The number of H-pyrrole nitrogens is 1. The van der Waals surface area contributed by atoms with Crippen molar-refractivity contribution in [2.24, 2.45) is 0 Å². The zero-order valence-corrected chi connectivity index (χ0v) is 15.5. The molecule has 0 bridgehead atoms. The summed E-state index contributed by atoms with van der Waals surface area (Å²) in [6, 6.07) is 17.6. The van der Waals surface area contributed by atoms with E-state index in [-0.39, 0.29) is 11.5 Å². The Morgan fingerprint density at radius 2 is 1.62 bits per heavy atom. The summed E-state index contributed by atoms with van der Waals surface area (Å²) in [7, 11) is 0. The summed E-state index contributed by atoms with van der Waals surface area (Å²) >= 11 is 1.48. The Labute approximate surface area is 156 Å². The van der Waals surface area contributed by atoms with Crippen LogP contribution < -0.4 is 16.6 Å². The molecule has 4 N–H and O–H groups in total. The van der Waals surface area contributed by atoms with Crippen molar-refractivity contribution < 1.29 is 4.79 Å². The molecule has 0 spiro atoms. The largest absolute Gasteiger partial charge is 0.399 e. The SMILES string of the molecule is CC.Nc1ccc(C(=O)Nc2ccc(Sc3cc[nH]c(=O)c3)cc2)cc1. The number of amides is 1. The van der Waals surface area contributed by atoms with E-state index in [1.807, 2.05) is 44.2 Å². The number of nitrogen functional groups attached to an aromatic ring is 1. The van der Waals surface area contributed by atoms with Crippen molar-refractivity contribution >= 4 is 29.0 Å². The van der Waals surface area contributed by atoms with E-state index in [4.69, 9.17) is 5.73 Å². The second kappa shape index (κ2) is 9.48. The quantitative estimate of drug-likeness (QED) is 0.597. The highest BCUT2D eigenvalue weighted by atomic mass is 32.2. The van der Waals surface area contributed by atoms with Crippen molar-refractivity contribution in [3.63, 3.8) is 0 Å². The van der Waals surface area contributed by atoms with Gasteiger partial charge in [-0.15, -0.1) is 0 Å². The van der Waals surface area contributed by atoms with Gasteiger partial charge in [0.25, 0.3) is 5.91 Å². The molecule has 0 unspecified atom stereocenters. The summed E-state index contributed by atoms with van der Waals surface area (Å²) in [5, 5.41) is 2.83. The summed E-state index contributed by atoms with van der Waals surface area (Å²) in [6.07, 6.45) is 1.62. The Bertz CT molecular complexity index is 903. The van der Waals surface area contributed by atoms with Gasteiger partial charge in [-0.2, -0.15) is 0 Å². The molecule has 5 nitrogen and oxygen atoms in total. The van der Waals surface area contributed by atoms with E-state index < -0.39 is 0 Å². The van der Waals surface area contributed by atoms with E-state index in [1.54, 1.807) is 36.5 Å². The van der Waals surface area contributed by atoms with Crippen molar-refractivity contribution in [2.75, 3.05) is 11.1 Å². The molecule has 0 aliphatic heterocycles. The minimum absolute atomic E-state index is 0.132. The number of rotatable bonds is 4. The normalized spacial score (nSPS) is 9.77. The van der Waals surface area contributed by atoms with Gasteiger partial charge >= 0.3 is 0 Å². The van der Waals surface area contributed by atoms with Crippen molar-refractivity contribution in [2.45, 2.75) is 23.6 Å². The molecule has 0 radical (unpaired) electrons. The predicted molar refractivity (Wildman–Crippen MR) is 108 cm³/mol. The Kier molecular flexibility index (Phi) is 7.05. The molecule has 6 heteroatoms. The Morgan fingerprint density at radius 1 is 0.962 bits per heavy atom. The van der Waals surface area contributed by atoms with E-state index in [0.717, 1.165) is 9.79 Å². The monoisotopic (exact) mass is 367 g/mol.